The van der Waals surface area contributed by atoms with Crippen molar-refractivity contribution in [2.45, 2.75) is 26.0 Å². The zero-order chi connectivity index (χ0) is 14.3. The van der Waals surface area contributed by atoms with Crippen LogP contribution >= 0.6 is 0 Å². The molecule has 108 valence electrons. The van der Waals surface area contributed by atoms with Gasteiger partial charge in [-0.25, -0.2) is 0 Å². The van der Waals surface area contributed by atoms with Crippen LogP contribution in [-0.2, 0) is 0 Å². The molecule has 0 bridgehead atoms. The van der Waals surface area contributed by atoms with Crippen molar-refractivity contribution in [3.8, 4) is 5.75 Å². The van der Waals surface area contributed by atoms with E-state index in [1.165, 1.54) is 0 Å². The van der Waals surface area contributed by atoms with Crippen molar-refractivity contribution < 1.29 is 9.84 Å². The summed E-state index contributed by atoms with van der Waals surface area (Å²) in [5, 5.41) is 13.2. The Labute approximate surface area is 116 Å². The van der Waals surface area contributed by atoms with Crippen LogP contribution in [0.5, 0.6) is 5.75 Å². The van der Waals surface area contributed by atoms with Crippen molar-refractivity contribution in [3.63, 3.8) is 0 Å². The van der Waals surface area contributed by atoms with E-state index in [9.17, 15) is 5.11 Å². The third-order valence-electron chi connectivity index (χ3n) is 2.87. The lowest BCUT2D eigenvalue weighted by Gasteiger charge is -2.20. The number of hydrogen-bond donors (Lipinski definition) is 2. The van der Waals surface area contributed by atoms with Crippen molar-refractivity contribution in [1.82, 2.24) is 10.2 Å². The number of likely N-dealkylation sites (N-methyl/N-ethyl adjacent to an activating group) is 1. The third kappa shape index (κ3) is 6.57. The van der Waals surface area contributed by atoms with Crippen LogP contribution in [0.2, 0.25) is 0 Å². The first-order chi connectivity index (χ1) is 8.99. The van der Waals surface area contributed by atoms with Gasteiger partial charge in [-0.1, -0.05) is 18.2 Å². The van der Waals surface area contributed by atoms with E-state index in [0.29, 0.717) is 19.2 Å². The van der Waals surface area contributed by atoms with Gasteiger partial charge in [-0.3, -0.25) is 0 Å². The first-order valence-electron chi connectivity index (χ1n) is 6.73. The predicted molar refractivity (Wildman–Crippen MR) is 78.7 cm³/mol. The Balaban J connectivity index is 2.25. The summed E-state index contributed by atoms with van der Waals surface area (Å²) in [6.45, 7) is 5.91. The number of hydrogen-bond acceptors (Lipinski definition) is 4. The van der Waals surface area contributed by atoms with E-state index in [4.69, 9.17) is 4.74 Å². The van der Waals surface area contributed by atoms with E-state index >= 15 is 0 Å². The van der Waals surface area contributed by atoms with Crippen molar-refractivity contribution in [3.05, 3.63) is 29.8 Å². The van der Waals surface area contributed by atoms with Gasteiger partial charge < -0.3 is 20.1 Å². The fraction of sp³-hybridized carbons (Fsp3) is 0.600. The zero-order valence-corrected chi connectivity index (χ0v) is 12.4. The second-order valence-corrected chi connectivity index (χ2v) is 5.30. The quantitative estimate of drug-likeness (QED) is 0.744. The molecule has 0 saturated heterocycles. The number of ether oxygens (including phenoxy) is 1. The first-order valence-corrected chi connectivity index (χ1v) is 6.73. The molecule has 0 amide bonds. The summed E-state index contributed by atoms with van der Waals surface area (Å²) >= 11 is 0. The van der Waals surface area contributed by atoms with Gasteiger partial charge >= 0.3 is 0 Å². The molecule has 0 saturated carbocycles. The lowest BCUT2D eigenvalue weighted by atomic mass is 10.2. The zero-order valence-electron chi connectivity index (χ0n) is 12.4. The maximum atomic E-state index is 9.88. The summed E-state index contributed by atoms with van der Waals surface area (Å²) in [7, 11) is 4.08. The van der Waals surface area contributed by atoms with Gasteiger partial charge in [-0.05, 0) is 39.6 Å². The van der Waals surface area contributed by atoms with Crippen molar-refractivity contribution >= 4 is 0 Å². The second-order valence-electron chi connectivity index (χ2n) is 5.30. The topological polar surface area (TPSA) is 44.7 Å². The van der Waals surface area contributed by atoms with Crippen LogP contribution < -0.4 is 10.1 Å². The smallest absolute Gasteiger partial charge is 0.122 e. The van der Waals surface area contributed by atoms with Crippen LogP contribution in [0.4, 0.5) is 0 Å². The predicted octanol–water partition coefficient (Wildman–Crippen LogP) is 1.27. The van der Waals surface area contributed by atoms with E-state index in [0.717, 1.165) is 17.9 Å². The van der Waals surface area contributed by atoms with Crippen molar-refractivity contribution in [2.24, 2.45) is 0 Å². The maximum Gasteiger partial charge on any atom is 0.122 e. The van der Waals surface area contributed by atoms with Crippen LogP contribution in [0, 0.1) is 6.92 Å². The van der Waals surface area contributed by atoms with Gasteiger partial charge in [0.2, 0.25) is 0 Å². The molecule has 0 aliphatic carbocycles. The summed E-state index contributed by atoms with van der Waals surface area (Å²) in [6, 6.07) is 8.18. The SMILES string of the molecule is Cc1ccccc1OCC(O)CNC(C)CN(C)C. The molecule has 0 heterocycles. The van der Waals surface area contributed by atoms with E-state index in [-0.39, 0.29) is 0 Å². The highest BCUT2D eigenvalue weighted by atomic mass is 16.5. The lowest BCUT2D eigenvalue weighted by Crippen LogP contribution is -2.41. The lowest BCUT2D eigenvalue weighted by molar-refractivity contribution is 0.102. The largest absolute Gasteiger partial charge is 0.491 e. The molecule has 1 rings (SSSR count). The molecule has 19 heavy (non-hydrogen) atoms. The van der Waals surface area contributed by atoms with E-state index < -0.39 is 6.10 Å². The molecule has 2 unspecified atom stereocenters. The number of para-hydroxylation sites is 1. The number of nitrogens with zero attached hydrogens (tertiary/aromatic N) is 1. The molecule has 0 aliphatic rings. The average molecular weight is 266 g/mol. The highest BCUT2D eigenvalue weighted by molar-refractivity contribution is 5.31. The molecule has 4 heteroatoms. The number of rotatable bonds is 8. The van der Waals surface area contributed by atoms with Crippen molar-refractivity contribution in [2.75, 3.05) is 33.8 Å². The number of aryl methyl sites for hydroxylation is 1. The average Bonchev–Trinajstić information content (AvgIpc) is 2.34. The summed E-state index contributed by atoms with van der Waals surface area (Å²) in [5.41, 5.74) is 1.09. The fourth-order valence-corrected chi connectivity index (χ4v) is 1.91. The standard InChI is InChI=1S/C15H26N2O2/c1-12-7-5-6-8-15(12)19-11-14(18)9-16-13(2)10-17(3)4/h5-8,13-14,16,18H,9-11H2,1-4H3. The number of benzene rings is 1. The van der Waals surface area contributed by atoms with Crippen LogP contribution in [0.15, 0.2) is 24.3 Å². The summed E-state index contributed by atoms with van der Waals surface area (Å²) in [6.07, 6.45) is -0.496. The van der Waals surface area contributed by atoms with Gasteiger partial charge in [0, 0.05) is 19.1 Å². The summed E-state index contributed by atoms with van der Waals surface area (Å²) in [5.74, 6) is 0.836. The number of nitrogens with one attached hydrogen (secondary N) is 1. The normalized spacial score (nSPS) is 14.4. The molecule has 0 aliphatic heterocycles. The molecular weight excluding hydrogens is 240 g/mol. The first kappa shape index (κ1) is 16.0. The van der Waals surface area contributed by atoms with Gasteiger partial charge in [-0.15, -0.1) is 0 Å². The van der Waals surface area contributed by atoms with Crippen LogP contribution in [0.3, 0.4) is 0 Å². The minimum Gasteiger partial charge on any atom is -0.491 e. The molecule has 0 aromatic heterocycles. The molecular formula is C15H26N2O2. The van der Waals surface area contributed by atoms with Crippen molar-refractivity contribution in [1.29, 1.82) is 0 Å². The summed E-state index contributed by atoms with van der Waals surface area (Å²) < 4.78 is 5.61. The Morgan fingerprint density at radius 2 is 2.00 bits per heavy atom. The molecule has 0 radical (unpaired) electrons. The van der Waals surface area contributed by atoms with E-state index in [2.05, 4.69) is 17.1 Å². The molecule has 0 fully saturated rings. The van der Waals surface area contributed by atoms with E-state index in [1.54, 1.807) is 0 Å². The number of aliphatic hydroxyl groups is 1. The molecule has 0 spiro atoms. The Morgan fingerprint density at radius 3 is 2.63 bits per heavy atom. The second kappa shape index (κ2) is 8.15. The van der Waals surface area contributed by atoms with Gasteiger partial charge in [0.15, 0.2) is 0 Å². The van der Waals surface area contributed by atoms with Crippen LogP contribution in [-0.4, -0.2) is 55.9 Å². The van der Waals surface area contributed by atoms with Gasteiger partial charge in [0.25, 0.3) is 0 Å². The third-order valence-corrected chi connectivity index (χ3v) is 2.87. The highest BCUT2D eigenvalue weighted by Crippen LogP contribution is 2.16. The Kier molecular flexibility index (Phi) is 6.84. The molecule has 1 aromatic carbocycles. The van der Waals surface area contributed by atoms with Gasteiger partial charge in [0.1, 0.15) is 18.5 Å². The maximum absolute atomic E-state index is 9.88. The fourth-order valence-electron chi connectivity index (χ4n) is 1.91. The Bertz CT molecular complexity index is 369. The van der Waals surface area contributed by atoms with Crippen LogP contribution in [0.25, 0.3) is 0 Å². The van der Waals surface area contributed by atoms with E-state index in [1.807, 2.05) is 45.3 Å². The Morgan fingerprint density at radius 1 is 1.32 bits per heavy atom. The monoisotopic (exact) mass is 266 g/mol. The summed E-state index contributed by atoms with van der Waals surface area (Å²) in [4.78, 5) is 2.12. The highest BCUT2D eigenvalue weighted by Gasteiger charge is 2.09. The molecule has 1 aromatic rings. The number of aliphatic hydroxyl groups excluding tert-OH is 1. The van der Waals surface area contributed by atoms with Gasteiger partial charge in [0.05, 0.1) is 0 Å². The minimum absolute atomic E-state index is 0.312. The molecule has 2 N–H and O–H groups in total. The van der Waals surface area contributed by atoms with Crippen LogP contribution in [0.1, 0.15) is 12.5 Å². The van der Waals surface area contributed by atoms with Gasteiger partial charge in [-0.2, -0.15) is 0 Å². The Hall–Kier alpha value is -1.10. The molecule has 2 atom stereocenters. The molecule has 4 nitrogen and oxygen atoms in total. The minimum atomic E-state index is -0.496.